The Kier molecular flexibility index (Phi) is 10.9. The summed E-state index contributed by atoms with van der Waals surface area (Å²) >= 11 is 1.16. The van der Waals surface area contributed by atoms with Gasteiger partial charge in [0.15, 0.2) is 5.96 Å². The van der Waals surface area contributed by atoms with Gasteiger partial charge in [-0.25, -0.2) is 8.42 Å². The van der Waals surface area contributed by atoms with Crippen LogP contribution in [0.25, 0.3) is 0 Å². The van der Waals surface area contributed by atoms with Crippen LogP contribution < -0.4 is 15.4 Å². The molecule has 0 atom stereocenters. The molecule has 0 radical (unpaired) electrons. The van der Waals surface area contributed by atoms with Crippen molar-refractivity contribution < 1.29 is 21.9 Å². The Bertz CT molecular complexity index is 926. The Morgan fingerprint density at radius 3 is 2.63 bits per heavy atom. The van der Waals surface area contributed by atoms with Gasteiger partial charge in [-0.15, -0.1) is 35.3 Å². The lowest BCUT2D eigenvalue weighted by Crippen LogP contribution is -2.41. The number of rotatable bonds is 9. The molecule has 30 heavy (non-hydrogen) atoms. The van der Waals surface area contributed by atoms with Gasteiger partial charge in [0.1, 0.15) is 9.96 Å². The number of hydrogen-bond acceptors (Lipinski definition) is 5. The van der Waals surface area contributed by atoms with E-state index >= 15 is 0 Å². The molecule has 0 aliphatic heterocycles. The van der Waals surface area contributed by atoms with Gasteiger partial charge in [-0.05, 0) is 24.4 Å². The Hall–Kier alpha value is -1.51. The summed E-state index contributed by atoms with van der Waals surface area (Å²) in [5.74, 6) is 0.506. The van der Waals surface area contributed by atoms with Gasteiger partial charge in [-0.3, -0.25) is 4.99 Å². The van der Waals surface area contributed by atoms with Gasteiger partial charge in [-0.2, -0.15) is 13.1 Å². The number of guanidine groups is 1. The number of benzene rings is 1. The molecule has 1 aromatic heterocycles. The zero-order valence-electron chi connectivity index (χ0n) is 16.8. The maximum absolute atomic E-state index is 12.6. The molecule has 0 aliphatic rings. The summed E-state index contributed by atoms with van der Waals surface area (Å²) in [6.45, 7) is -0.297. The first-order valence-electron chi connectivity index (χ1n) is 8.72. The number of sulfonamides is 1. The second-order valence-corrected chi connectivity index (χ2v) is 9.32. The monoisotopic (exact) mass is 574 g/mol. The van der Waals surface area contributed by atoms with Crippen LogP contribution in [-0.4, -0.2) is 52.5 Å². The molecule has 1 aromatic carbocycles. The van der Waals surface area contributed by atoms with Crippen molar-refractivity contribution in [3.05, 3.63) is 46.8 Å². The van der Waals surface area contributed by atoms with Gasteiger partial charge in [0.25, 0.3) is 10.0 Å². The Morgan fingerprint density at radius 2 is 2.03 bits per heavy atom. The smallest absolute Gasteiger partial charge is 0.387 e. The highest BCUT2D eigenvalue weighted by Crippen LogP contribution is 2.22. The molecule has 2 rings (SSSR count). The van der Waals surface area contributed by atoms with E-state index < -0.39 is 16.6 Å². The molecule has 168 valence electrons. The lowest BCUT2D eigenvalue weighted by Gasteiger charge is -2.18. The molecule has 2 aromatic rings. The number of nitrogens with zero attached hydrogens (tertiary/aromatic N) is 2. The predicted molar refractivity (Wildman–Crippen MR) is 126 cm³/mol. The average Bonchev–Trinajstić information content (AvgIpc) is 3.21. The molecule has 0 spiro atoms. The fourth-order valence-corrected chi connectivity index (χ4v) is 4.85. The third-order valence-corrected chi connectivity index (χ3v) is 7.21. The second kappa shape index (κ2) is 12.4. The lowest BCUT2D eigenvalue weighted by atomic mass is 10.1. The molecule has 0 unspecified atom stereocenters. The number of aryl methyl sites for hydroxylation is 1. The molecule has 0 saturated carbocycles. The van der Waals surface area contributed by atoms with E-state index in [-0.39, 0.29) is 47.0 Å². The zero-order chi connectivity index (χ0) is 21.4. The minimum atomic E-state index is -3.51. The topological polar surface area (TPSA) is 83.0 Å². The molecule has 2 N–H and O–H groups in total. The van der Waals surface area contributed by atoms with E-state index in [0.29, 0.717) is 18.1 Å². The number of thiophene rings is 1. The third-order valence-electron chi connectivity index (χ3n) is 3.98. The fraction of sp³-hybridized carbons (Fsp3) is 0.389. The van der Waals surface area contributed by atoms with Crippen molar-refractivity contribution in [3.63, 3.8) is 0 Å². The van der Waals surface area contributed by atoms with Crippen LogP contribution >= 0.6 is 35.3 Å². The summed E-state index contributed by atoms with van der Waals surface area (Å²) in [6, 6.07) is 8.19. The number of ether oxygens (including phenoxy) is 1. The summed E-state index contributed by atoms with van der Waals surface area (Å²) in [4.78, 5) is 4.06. The maximum Gasteiger partial charge on any atom is 0.387 e. The first-order chi connectivity index (χ1) is 13.7. The third kappa shape index (κ3) is 7.63. The van der Waals surface area contributed by atoms with Crippen LogP contribution in [0.4, 0.5) is 8.78 Å². The number of alkyl halides is 2. The van der Waals surface area contributed by atoms with Crippen LogP contribution in [0.15, 0.2) is 44.9 Å². The van der Waals surface area contributed by atoms with Gasteiger partial charge in [0.05, 0.1) is 0 Å². The Balaban J connectivity index is 0.00000450. The van der Waals surface area contributed by atoms with E-state index in [0.717, 1.165) is 16.9 Å². The number of aliphatic imine (C=N–C) groups is 1. The minimum absolute atomic E-state index is 0. The first kappa shape index (κ1) is 26.5. The number of nitrogens with one attached hydrogen (secondary N) is 2. The Labute approximate surface area is 196 Å². The van der Waals surface area contributed by atoms with Gasteiger partial charge in [0, 0.05) is 39.3 Å². The van der Waals surface area contributed by atoms with Crippen molar-refractivity contribution in [1.29, 1.82) is 0 Å². The van der Waals surface area contributed by atoms with E-state index in [9.17, 15) is 17.2 Å². The number of likely N-dealkylation sites (N-methyl/N-ethyl adjacent to an activating group) is 1. The molecular weight excluding hydrogens is 549 g/mol. The van der Waals surface area contributed by atoms with Crippen LogP contribution in [0.5, 0.6) is 5.75 Å². The highest BCUT2D eigenvalue weighted by Gasteiger charge is 2.21. The lowest BCUT2D eigenvalue weighted by molar-refractivity contribution is -0.0504. The molecule has 0 fully saturated rings. The molecule has 1 heterocycles. The summed E-state index contributed by atoms with van der Waals surface area (Å²) in [6.07, 6.45) is 0. The van der Waals surface area contributed by atoms with Crippen molar-refractivity contribution in [2.24, 2.45) is 4.99 Å². The van der Waals surface area contributed by atoms with E-state index in [4.69, 9.17) is 0 Å². The van der Waals surface area contributed by atoms with Crippen LogP contribution in [0.3, 0.4) is 0 Å². The normalized spacial score (nSPS) is 12.0. The van der Waals surface area contributed by atoms with Gasteiger partial charge >= 0.3 is 6.61 Å². The summed E-state index contributed by atoms with van der Waals surface area (Å²) in [5, 5.41) is 7.74. The zero-order valence-corrected chi connectivity index (χ0v) is 20.7. The van der Waals surface area contributed by atoms with Crippen molar-refractivity contribution >= 4 is 51.3 Å². The molecule has 0 aliphatic carbocycles. The highest BCUT2D eigenvalue weighted by atomic mass is 127. The number of halogens is 3. The molecule has 0 saturated heterocycles. The highest BCUT2D eigenvalue weighted by molar-refractivity contribution is 14.0. The quantitative estimate of drug-likeness (QED) is 0.273. The van der Waals surface area contributed by atoms with E-state index in [2.05, 4.69) is 20.4 Å². The largest absolute Gasteiger partial charge is 0.434 e. The van der Waals surface area contributed by atoms with Crippen molar-refractivity contribution in [3.8, 4) is 5.75 Å². The average molecular weight is 574 g/mol. The predicted octanol–water partition coefficient (Wildman–Crippen LogP) is 3.26. The molecule has 7 nitrogen and oxygen atoms in total. The molecule has 0 bridgehead atoms. The minimum Gasteiger partial charge on any atom is -0.434 e. The van der Waals surface area contributed by atoms with Gasteiger partial charge in [0.2, 0.25) is 0 Å². The standard InChI is InChI=1S/C18H24F2N4O3S2.HI/c1-13-6-7-15(27-17(19)20)14(11-13)12-23-18(21-2)22-8-9-24(3)29(25,26)16-5-4-10-28-16;/h4-7,10-11,17H,8-9,12H2,1-3H3,(H2,21,22,23);1H. The molecular formula is C18H25F2IN4O3S2. The summed E-state index contributed by atoms with van der Waals surface area (Å²) < 4.78 is 56.0. The van der Waals surface area contributed by atoms with Crippen LogP contribution in [-0.2, 0) is 16.6 Å². The van der Waals surface area contributed by atoms with Crippen molar-refractivity contribution in [1.82, 2.24) is 14.9 Å². The fourth-order valence-electron chi connectivity index (χ4n) is 2.47. The first-order valence-corrected chi connectivity index (χ1v) is 11.0. The van der Waals surface area contributed by atoms with Crippen molar-refractivity contribution in [2.75, 3.05) is 27.2 Å². The van der Waals surface area contributed by atoms with E-state index in [1.165, 1.54) is 17.4 Å². The summed E-state index contributed by atoms with van der Waals surface area (Å²) in [5.41, 5.74) is 1.47. The van der Waals surface area contributed by atoms with E-state index in [1.807, 2.05) is 6.92 Å². The van der Waals surface area contributed by atoms with Crippen molar-refractivity contribution in [2.45, 2.75) is 24.3 Å². The van der Waals surface area contributed by atoms with E-state index in [1.54, 1.807) is 36.7 Å². The Morgan fingerprint density at radius 1 is 1.30 bits per heavy atom. The SMILES string of the molecule is CN=C(NCCN(C)S(=O)(=O)c1cccs1)NCc1cc(C)ccc1OC(F)F.I. The number of hydrogen-bond donors (Lipinski definition) is 2. The summed E-state index contributed by atoms with van der Waals surface area (Å²) in [7, 11) is -0.442. The second-order valence-electron chi connectivity index (χ2n) is 6.10. The van der Waals surface area contributed by atoms with Gasteiger partial charge < -0.3 is 15.4 Å². The molecule has 12 heteroatoms. The maximum atomic E-state index is 12.6. The molecule has 0 amide bonds. The van der Waals surface area contributed by atoms with Crippen LogP contribution in [0, 0.1) is 6.92 Å². The van der Waals surface area contributed by atoms with Gasteiger partial charge in [-0.1, -0.05) is 23.8 Å². The van der Waals surface area contributed by atoms with Crippen LogP contribution in [0.1, 0.15) is 11.1 Å². The van der Waals surface area contributed by atoms with Crippen LogP contribution in [0.2, 0.25) is 0 Å².